The number of amides is 3. The number of likely N-dealkylation sites (tertiary alicyclic amines) is 3. The van der Waals surface area contributed by atoms with Gasteiger partial charge in [-0.1, -0.05) is 54.6 Å². The van der Waals surface area contributed by atoms with Gasteiger partial charge in [-0.2, -0.15) is 0 Å². The number of nitrogens with two attached hydrogens (primary N) is 1. The summed E-state index contributed by atoms with van der Waals surface area (Å²) in [6.07, 6.45) is 12.5. The Kier molecular flexibility index (Phi) is 23.9. The van der Waals surface area contributed by atoms with Crippen molar-refractivity contribution in [1.29, 1.82) is 0 Å². The molecule has 624 valence electrons. The quantitative estimate of drug-likeness (QED) is 0.0456. The van der Waals surface area contributed by atoms with Gasteiger partial charge < -0.3 is 44.9 Å². The third kappa shape index (κ3) is 16.3. The van der Waals surface area contributed by atoms with Gasteiger partial charge in [-0.05, 0) is 204 Å². The molecule has 3 saturated heterocycles. The molecule has 0 spiro atoms. The van der Waals surface area contributed by atoms with Crippen molar-refractivity contribution < 1.29 is 54.9 Å². The predicted molar refractivity (Wildman–Crippen MR) is 431 cm³/mol. The van der Waals surface area contributed by atoms with Crippen LogP contribution in [0.2, 0.25) is 0 Å². The highest BCUT2D eigenvalue weighted by molar-refractivity contribution is 5.73. The first-order valence-corrected chi connectivity index (χ1v) is 40.5. The molecule has 27 nitrogen and oxygen atoms in total. The van der Waals surface area contributed by atoms with Crippen LogP contribution in [-0.2, 0) is 14.2 Å². The van der Waals surface area contributed by atoms with Crippen molar-refractivity contribution in [2.45, 2.75) is 149 Å². The van der Waals surface area contributed by atoms with Crippen LogP contribution < -0.4 is 28.1 Å². The lowest BCUT2D eigenvalue weighted by Crippen LogP contribution is -2.41. The molecule has 6 N–H and O–H groups in total. The number of halogens is 6. The SMILES string of the molecule is CN(C)[C@@H]1c2cccnc2[C@H](OC(=O)N2CCC(n3c(=O)[nH]c4ncccc43)CC2)CC[C@H]1c1cccc(F)c1F.CN[C@@H]1c2cccnc2[C@H](OC(=O)N2CCC(n3c(=O)[nH]c4ncccc43)CC2)CC[C@H]1c1cccc(F)c1F.N[C@@H]1c2cccnc2[C@H](OC(=O)N2CCC(n3c(=O)[nH]c4ncccc43)CC2)CC[C@H]1c1cccc(F)c1F. The summed E-state index contributed by atoms with van der Waals surface area (Å²) < 4.78 is 110. The molecule has 120 heavy (non-hydrogen) atoms. The van der Waals surface area contributed by atoms with E-state index in [-0.39, 0.29) is 70.2 Å². The van der Waals surface area contributed by atoms with E-state index < -0.39 is 83.5 Å². The Morgan fingerprint density at radius 1 is 0.392 bits per heavy atom. The average molecular weight is 1650 g/mol. The minimum absolute atomic E-state index is 0.0620. The Morgan fingerprint density at radius 3 is 1.08 bits per heavy atom. The number of H-pyrrole nitrogens is 3. The zero-order valence-electron chi connectivity index (χ0n) is 66.1. The number of aromatic nitrogens is 12. The molecule has 18 rings (SSSR count). The zero-order valence-corrected chi connectivity index (χ0v) is 66.1. The maximum Gasteiger partial charge on any atom is 0.410 e. The van der Waals surface area contributed by atoms with Crippen LogP contribution in [0.3, 0.4) is 0 Å². The number of nitrogens with one attached hydrogen (secondary N) is 4. The topological polar surface area (TPSA) is 321 Å². The first-order valence-electron chi connectivity index (χ1n) is 40.5. The number of carbonyl (C=O) groups excluding carboxylic acids is 3. The molecule has 6 aliphatic rings. The molecule has 3 amide bonds. The number of imidazole rings is 3. The summed E-state index contributed by atoms with van der Waals surface area (Å²) in [4.78, 5) is 119. The van der Waals surface area contributed by atoms with Crippen molar-refractivity contribution in [3.8, 4) is 0 Å². The van der Waals surface area contributed by atoms with Gasteiger partial charge in [0.25, 0.3) is 0 Å². The Balaban J connectivity index is 0.000000134. The van der Waals surface area contributed by atoms with Crippen molar-refractivity contribution in [2.75, 3.05) is 60.4 Å². The van der Waals surface area contributed by atoms with E-state index in [1.54, 1.807) is 127 Å². The van der Waals surface area contributed by atoms with Gasteiger partial charge in [0.05, 0.1) is 33.6 Å². The molecule has 0 unspecified atom stereocenters. The van der Waals surface area contributed by atoms with Crippen LogP contribution >= 0.6 is 0 Å². The van der Waals surface area contributed by atoms with Gasteiger partial charge in [-0.3, -0.25) is 43.6 Å². The van der Waals surface area contributed by atoms with Gasteiger partial charge in [0.15, 0.2) is 51.8 Å². The smallest absolute Gasteiger partial charge is 0.410 e. The van der Waals surface area contributed by atoms with E-state index in [1.165, 1.54) is 18.2 Å². The number of likely N-dealkylation sites (N-methyl/N-ethyl adjacent to an activating group) is 2. The lowest BCUT2D eigenvalue weighted by Gasteiger charge is -2.33. The van der Waals surface area contributed by atoms with E-state index in [1.807, 2.05) is 55.4 Å². The summed E-state index contributed by atoms with van der Waals surface area (Å²) >= 11 is 0. The first-order chi connectivity index (χ1) is 58.2. The van der Waals surface area contributed by atoms with Crippen LogP contribution in [-0.4, -0.2) is 157 Å². The van der Waals surface area contributed by atoms with Crippen LogP contribution in [0.25, 0.3) is 33.5 Å². The van der Waals surface area contributed by atoms with Crippen molar-refractivity contribution in [3.63, 3.8) is 0 Å². The molecular weight excluding hydrogens is 1560 g/mol. The van der Waals surface area contributed by atoms with Gasteiger partial charge >= 0.3 is 35.3 Å². The minimum Gasteiger partial charge on any atom is -0.440 e. The molecule has 0 bridgehead atoms. The number of pyridine rings is 6. The lowest BCUT2D eigenvalue weighted by molar-refractivity contribution is 0.0465. The van der Waals surface area contributed by atoms with Gasteiger partial charge in [0.2, 0.25) is 0 Å². The Hall–Kier alpha value is -12.4. The van der Waals surface area contributed by atoms with E-state index in [4.69, 9.17) is 19.9 Å². The standard InChI is InChI=1S/C30H32F2N6O3.C29H30F2N6O3.C28H28F2N6O3/c1-36(2)27-20(19-6-3-8-22(31)25(19)32)10-11-24(26-21(27)7-4-14-33-26)41-30(40)37-16-12-18(13-17-37)38-23-9-5-15-34-28(23)35-29(38)39;1-32-25-19(18-5-2-7-21(30)24(18)31)9-10-23(26-20(25)6-3-13-33-26)40-29(39)36-15-11-17(12-16-36)37-22-8-4-14-34-27(22)35-28(37)38;29-20-6-1-4-17(23(20)30)18-8-9-22(25-19(24(18)31)5-2-12-32-25)39-28(38)35-14-10-16(11-15-35)36-21-7-3-13-33-26(21)34-27(36)37/h3-9,14-15,18,20,24,27H,10-13,16-17H2,1-2H3,(H,34,35,39);2-8,13-14,17,19,23,25,32H,9-12,15-16H2,1H3,(H,34,35,38);1-7,12-13,16,18,22,24H,8-11,14-15,31H2,(H,33,34,37)/t20-,24+,27-;19-,23+,25-;18-,22+,24-/m000/s1. The number of hydrogen-bond acceptors (Lipinski definition) is 18. The zero-order chi connectivity index (χ0) is 83.6. The average Bonchev–Trinajstić information content (AvgIpc) is 1.69. The second-order valence-corrected chi connectivity index (χ2v) is 31.4. The fourth-order valence-electron chi connectivity index (χ4n) is 18.7. The summed E-state index contributed by atoms with van der Waals surface area (Å²) in [6.45, 7) is 2.56. The third-order valence-electron chi connectivity index (χ3n) is 24.5. The van der Waals surface area contributed by atoms with Gasteiger partial charge in [0, 0.05) is 130 Å². The highest BCUT2D eigenvalue weighted by Crippen LogP contribution is 2.49. The van der Waals surface area contributed by atoms with Crippen molar-refractivity contribution >= 4 is 51.8 Å². The number of fused-ring (bicyclic) bond motifs is 6. The number of ether oxygens (including phenoxy) is 3. The minimum atomic E-state index is -0.923. The monoisotopic (exact) mass is 1640 g/mol. The van der Waals surface area contributed by atoms with Crippen LogP contribution in [0.4, 0.5) is 40.7 Å². The number of benzene rings is 3. The molecule has 3 fully saturated rings. The van der Waals surface area contributed by atoms with Gasteiger partial charge in [0.1, 0.15) is 18.3 Å². The molecule has 12 heterocycles. The molecular formula is C87H90F6N18O9. The predicted octanol–water partition coefficient (Wildman–Crippen LogP) is 14.3. The lowest BCUT2D eigenvalue weighted by atomic mass is 9.84. The van der Waals surface area contributed by atoms with E-state index in [0.717, 1.165) is 45.9 Å². The van der Waals surface area contributed by atoms with Crippen LogP contribution in [0.1, 0.15) is 200 Å². The van der Waals surface area contributed by atoms with E-state index in [9.17, 15) is 55.1 Å². The molecule has 9 atom stereocenters. The number of piperidine rings is 3. The molecule has 33 heteroatoms. The molecule has 3 aromatic carbocycles. The van der Waals surface area contributed by atoms with E-state index >= 15 is 0 Å². The Labute approximate surface area is 684 Å². The summed E-state index contributed by atoms with van der Waals surface area (Å²) in [5.74, 6) is -6.57. The highest BCUT2D eigenvalue weighted by Gasteiger charge is 2.43. The first kappa shape index (κ1) is 81.4. The number of carbonyl (C=O) groups is 3. The maximum absolute atomic E-state index is 15.0. The third-order valence-corrected chi connectivity index (χ3v) is 24.5. The molecule has 3 aliphatic carbocycles. The summed E-state index contributed by atoms with van der Waals surface area (Å²) in [6, 6.07) is 33.0. The van der Waals surface area contributed by atoms with Crippen molar-refractivity contribution in [1.82, 2.24) is 83.5 Å². The summed E-state index contributed by atoms with van der Waals surface area (Å²) in [5.41, 5.74) is 14.6. The largest absolute Gasteiger partial charge is 0.440 e. The number of nitrogens with zero attached hydrogens (tertiary/aromatic N) is 13. The van der Waals surface area contributed by atoms with Crippen LogP contribution in [0.5, 0.6) is 0 Å². The molecule has 0 radical (unpaired) electrons. The maximum atomic E-state index is 15.0. The summed E-state index contributed by atoms with van der Waals surface area (Å²) in [5, 5.41) is 3.25. The van der Waals surface area contributed by atoms with E-state index in [0.29, 0.717) is 161 Å². The number of rotatable bonds is 11. The van der Waals surface area contributed by atoms with Crippen molar-refractivity contribution in [3.05, 3.63) is 281 Å². The number of hydrogen-bond donors (Lipinski definition) is 5. The molecule has 12 aromatic rings. The van der Waals surface area contributed by atoms with Crippen LogP contribution in [0, 0.1) is 34.9 Å². The summed E-state index contributed by atoms with van der Waals surface area (Å²) in [7, 11) is 5.58. The molecule has 9 aromatic heterocycles. The second kappa shape index (κ2) is 35.3. The fraction of sp³-hybridized carbons (Fsp3) is 0.379. The number of aromatic amines is 3. The highest BCUT2D eigenvalue weighted by atomic mass is 19.2. The van der Waals surface area contributed by atoms with E-state index in [2.05, 4.69) is 50.2 Å². The van der Waals surface area contributed by atoms with Crippen LogP contribution in [0.15, 0.2) is 179 Å². The molecule has 3 aliphatic heterocycles. The van der Waals surface area contributed by atoms with Gasteiger partial charge in [-0.15, -0.1) is 0 Å². The van der Waals surface area contributed by atoms with Gasteiger partial charge in [-0.25, -0.2) is 70.1 Å². The fourth-order valence-corrected chi connectivity index (χ4v) is 18.7. The second-order valence-electron chi connectivity index (χ2n) is 31.4. The van der Waals surface area contributed by atoms with Crippen molar-refractivity contribution in [2.24, 2.45) is 5.73 Å². The Bertz CT molecular complexity index is 5930. The Morgan fingerprint density at radius 2 is 0.700 bits per heavy atom. The normalized spacial score (nSPS) is 21.7. The molecule has 0 saturated carbocycles.